The first kappa shape index (κ1) is 13.2. The molecule has 20 heavy (non-hydrogen) atoms. The van der Waals surface area contributed by atoms with Crippen LogP contribution in [-0.4, -0.2) is 39.1 Å². The fourth-order valence-corrected chi connectivity index (χ4v) is 3.00. The Bertz CT molecular complexity index is 652. The first-order chi connectivity index (χ1) is 9.78. The van der Waals surface area contributed by atoms with E-state index in [1.54, 1.807) is 29.4 Å². The zero-order chi connectivity index (χ0) is 13.9. The van der Waals surface area contributed by atoms with E-state index in [4.69, 9.17) is 0 Å². The second-order valence-corrected chi connectivity index (χ2v) is 5.50. The number of hydrogen-bond donors (Lipinski definition) is 0. The van der Waals surface area contributed by atoms with Crippen LogP contribution < -0.4 is 5.56 Å². The molecule has 0 bridgehead atoms. The van der Waals surface area contributed by atoms with Crippen molar-refractivity contribution in [2.24, 2.45) is 5.92 Å². The van der Waals surface area contributed by atoms with Crippen molar-refractivity contribution in [3.05, 3.63) is 35.1 Å². The summed E-state index contributed by atoms with van der Waals surface area (Å²) in [7, 11) is 0. The van der Waals surface area contributed by atoms with Gasteiger partial charge in [-0.05, 0) is 37.9 Å². The minimum absolute atomic E-state index is 0.0247. The second-order valence-electron chi connectivity index (χ2n) is 5.50. The van der Waals surface area contributed by atoms with Crippen molar-refractivity contribution in [2.75, 3.05) is 19.6 Å². The number of piperidine rings is 1. The standard InChI is InChI=1S/C15H20N4O/c1-2-18-7-3-4-12(9-18)10-19-11-17-14-5-6-16-8-13(14)15(19)20/h5-6,8,11-12H,2-4,7,9-10H2,1H3. The van der Waals surface area contributed by atoms with Crippen LogP contribution in [0, 0.1) is 5.92 Å². The molecule has 5 heteroatoms. The third-order valence-corrected chi connectivity index (χ3v) is 4.13. The maximum absolute atomic E-state index is 12.4. The van der Waals surface area contributed by atoms with Crippen LogP contribution in [0.25, 0.3) is 10.9 Å². The van der Waals surface area contributed by atoms with Gasteiger partial charge in [-0.2, -0.15) is 0 Å². The summed E-state index contributed by atoms with van der Waals surface area (Å²) < 4.78 is 1.74. The van der Waals surface area contributed by atoms with Gasteiger partial charge in [-0.15, -0.1) is 0 Å². The zero-order valence-corrected chi connectivity index (χ0v) is 11.8. The van der Waals surface area contributed by atoms with Gasteiger partial charge in [-0.1, -0.05) is 6.92 Å². The number of rotatable bonds is 3. The van der Waals surface area contributed by atoms with Crippen LogP contribution >= 0.6 is 0 Å². The summed E-state index contributed by atoms with van der Waals surface area (Å²) in [6.45, 7) is 6.30. The summed E-state index contributed by atoms with van der Waals surface area (Å²) in [6.07, 6.45) is 7.36. The maximum atomic E-state index is 12.4. The Balaban J connectivity index is 1.84. The van der Waals surface area contributed by atoms with Crippen LogP contribution in [0.3, 0.4) is 0 Å². The number of likely N-dealkylation sites (tertiary alicyclic amines) is 1. The average molecular weight is 272 g/mol. The molecule has 2 aromatic heterocycles. The topological polar surface area (TPSA) is 51.0 Å². The molecule has 1 unspecified atom stereocenters. The molecule has 3 rings (SSSR count). The molecule has 1 aliphatic heterocycles. The Hall–Kier alpha value is -1.75. The van der Waals surface area contributed by atoms with E-state index in [9.17, 15) is 4.79 Å². The second kappa shape index (κ2) is 5.71. The third kappa shape index (κ3) is 2.58. The van der Waals surface area contributed by atoms with Crippen LogP contribution in [0.4, 0.5) is 0 Å². The molecular weight excluding hydrogens is 252 g/mol. The lowest BCUT2D eigenvalue weighted by Gasteiger charge is -2.32. The molecule has 1 atom stereocenters. The van der Waals surface area contributed by atoms with Crippen molar-refractivity contribution in [1.82, 2.24) is 19.4 Å². The van der Waals surface area contributed by atoms with Gasteiger partial charge in [0.25, 0.3) is 5.56 Å². The lowest BCUT2D eigenvalue weighted by Crippen LogP contribution is -2.38. The van der Waals surface area contributed by atoms with Gasteiger partial charge >= 0.3 is 0 Å². The molecule has 3 heterocycles. The quantitative estimate of drug-likeness (QED) is 0.850. The van der Waals surface area contributed by atoms with Gasteiger partial charge in [0.15, 0.2) is 0 Å². The minimum Gasteiger partial charge on any atom is -0.303 e. The fourth-order valence-electron chi connectivity index (χ4n) is 3.00. The van der Waals surface area contributed by atoms with Crippen LogP contribution in [-0.2, 0) is 6.54 Å². The predicted octanol–water partition coefficient (Wildman–Crippen LogP) is 1.52. The Labute approximate surface area is 118 Å². The van der Waals surface area contributed by atoms with E-state index in [0.29, 0.717) is 11.3 Å². The molecule has 0 spiro atoms. The molecule has 2 aromatic rings. The van der Waals surface area contributed by atoms with Gasteiger partial charge < -0.3 is 4.90 Å². The van der Waals surface area contributed by atoms with Crippen LogP contribution in [0.5, 0.6) is 0 Å². The molecular formula is C15H20N4O. The molecule has 1 fully saturated rings. The normalized spacial score (nSPS) is 20.4. The van der Waals surface area contributed by atoms with Crippen LogP contribution in [0.2, 0.25) is 0 Å². The lowest BCUT2D eigenvalue weighted by molar-refractivity contribution is 0.169. The summed E-state index contributed by atoms with van der Waals surface area (Å²) in [4.78, 5) is 23.3. The first-order valence-corrected chi connectivity index (χ1v) is 7.29. The Kier molecular flexibility index (Phi) is 3.78. The Morgan fingerprint density at radius 2 is 2.35 bits per heavy atom. The minimum atomic E-state index is 0.0247. The molecule has 0 saturated carbocycles. The molecule has 0 radical (unpaired) electrons. The molecule has 0 N–H and O–H groups in total. The highest BCUT2D eigenvalue weighted by atomic mass is 16.1. The summed E-state index contributed by atoms with van der Waals surface area (Å²) >= 11 is 0. The summed E-state index contributed by atoms with van der Waals surface area (Å²) in [6, 6.07) is 1.78. The highest BCUT2D eigenvalue weighted by molar-refractivity contribution is 5.75. The van der Waals surface area contributed by atoms with E-state index in [1.165, 1.54) is 19.4 Å². The number of fused-ring (bicyclic) bond motifs is 1. The van der Waals surface area contributed by atoms with Crippen LogP contribution in [0.1, 0.15) is 19.8 Å². The largest absolute Gasteiger partial charge is 0.303 e. The van der Waals surface area contributed by atoms with E-state index in [0.717, 1.165) is 25.2 Å². The van der Waals surface area contributed by atoms with Gasteiger partial charge in [0.05, 0.1) is 17.2 Å². The molecule has 0 aliphatic carbocycles. The number of nitrogens with zero attached hydrogens (tertiary/aromatic N) is 4. The number of pyridine rings is 1. The van der Waals surface area contributed by atoms with E-state index >= 15 is 0 Å². The summed E-state index contributed by atoms with van der Waals surface area (Å²) in [5.74, 6) is 0.539. The van der Waals surface area contributed by atoms with Gasteiger partial charge in [0.1, 0.15) is 0 Å². The maximum Gasteiger partial charge on any atom is 0.262 e. The number of aromatic nitrogens is 3. The highest BCUT2D eigenvalue weighted by Gasteiger charge is 2.19. The van der Waals surface area contributed by atoms with Crippen molar-refractivity contribution < 1.29 is 0 Å². The van der Waals surface area contributed by atoms with Crippen molar-refractivity contribution in [1.29, 1.82) is 0 Å². The van der Waals surface area contributed by atoms with Crippen molar-refractivity contribution in [3.8, 4) is 0 Å². The smallest absolute Gasteiger partial charge is 0.262 e. The number of hydrogen-bond acceptors (Lipinski definition) is 4. The zero-order valence-electron chi connectivity index (χ0n) is 11.8. The molecule has 1 saturated heterocycles. The van der Waals surface area contributed by atoms with E-state index in [2.05, 4.69) is 21.8 Å². The summed E-state index contributed by atoms with van der Waals surface area (Å²) in [5, 5.41) is 0.609. The van der Waals surface area contributed by atoms with Crippen molar-refractivity contribution in [3.63, 3.8) is 0 Å². The SMILES string of the molecule is CCN1CCCC(Cn2cnc3ccncc3c2=O)C1. The monoisotopic (exact) mass is 272 g/mol. The van der Waals surface area contributed by atoms with Crippen LogP contribution in [0.15, 0.2) is 29.6 Å². The third-order valence-electron chi connectivity index (χ3n) is 4.13. The van der Waals surface area contributed by atoms with Crippen molar-refractivity contribution in [2.45, 2.75) is 26.3 Å². The van der Waals surface area contributed by atoms with E-state index in [-0.39, 0.29) is 5.56 Å². The Morgan fingerprint density at radius 1 is 1.45 bits per heavy atom. The molecule has 0 amide bonds. The summed E-state index contributed by atoms with van der Waals surface area (Å²) in [5.41, 5.74) is 0.747. The lowest BCUT2D eigenvalue weighted by atomic mass is 9.98. The molecule has 1 aliphatic rings. The highest BCUT2D eigenvalue weighted by Crippen LogP contribution is 2.17. The molecule has 0 aromatic carbocycles. The van der Waals surface area contributed by atoms with E-state index < -0.39 is 0 Å². The fraction of sp³-hybridized carbons (Fsp3) is 0.533. The predicted molar refractivity (Wildman–Crippen MR) is 78.6 cm³/mol. The van der Waals surface area contributed by atoms with Gasteiger partial charge in [-0.25, -0.2) is 4.98 Å². The van der Waals surface area contributed by atoms with Gasteiger partial charge in [-0.3, -0.25) is 14.3 Å². The average Bonchev–Trinajstić information content (AvgIpc) is 2.50. The molecule has 5 nitrogen and oxygen atoms in total. The van der Waals surface area contributed by atoms with Crippen molar-refractivity contribution >= 4 is 10.9 Å². The van der Waals surface area contributed by atoms with Gasteiger partial charge in [0, 0.05) is 25.5 Å². The van der Waals surface area contributed by atoms with E-state index in [1.807, 2.05) is 0 Å². The van der Waals surface area contributed by atoms with Gasteiger partial charge in [0.2, 0.25) is 0 Å². The molecule has 106 valence electrons. The Morgan fingerprint density at radius 3 is 3.20 bits per heavy atom. The first-order valence-electron chi connectivity index (χ1n) is 7.29.